The van der Waals surface area contributed by atoms with Gasteiger partial charge in [-0.3, -0.25) is 13.9 Å². The minimum atomic E-state index is -0.473. The molecule has 1 aliphatic rings. The highest BCUT2D eigenvalue weighted by atomic mass is 16.5. The predicted octanol–water partition coefficient (Wildman–Crippen LogP) is 1.67. The number of fused-ring (bicyclic) bond motifs is 1. The molecule has 1 aromatic heterocycles. The van der Waals surface area contributed by atoms with E-state index in [4.69, 9.17) is 4.74 Å². The molecule has 0 fully saturated rings. The second-order valence-electron chi connectivity index (χ2n) is 6.84. The van der Waals surface area contributed by atoms with Crippen LogP contribution in [0.4, 0.5) is 5.69 Å². The third kappa shape index (κ3) is 3.16. The summed E-state index contributed by atoms with van der Waals surface area (Å²) in [7, 11) is 2.95. The molecule has 0 unspecified atom stereocenters. The van der Waals surface area contributed by atoms with Gasteiger partial charge in [0.05, 0.1) is 16.9 Å². The number of hydrogen-bond acceptors (Lipinski definition) is 5. The number of anilines is 1. The van der Waals surface area contributed by atoms with Gasteiger partial charge in [0.1, 0.15) is 6.61 Å². The van der Waals surface area contributed by atoms with Crippen molar-refractivity contribution in [2.75, 3.05) is 11.9 Å². The van der Waals surface area contributed by atoms with Crippen LogP contribution in [-0.4, -0.2) is 21.6 Å². The minimum absolute atomic E-state index is 0.140. The molecule has 7 nitrogen and oxygen atoms in total. The van der Waals surface area contributed by atoms with Gasteiger partial charge in [0, 0.05) is 26.7 Å². The number of carbonyl (C=O) groups is 1. The van der Waals surface area contributed by atoms with Crippen LogP contribution < -0.4 is 16.6 Å². The van der Waals surface area contributed by atoms with Crippen molar-refractivity contribution in [3.63, 3.8) is 0 Å². The Morgan fingerprint density at radius 1 is 1.23 bits per heavy atom. The number of rotatable bonds is 3. The number of aryl methyl sites for hydroxylation is 1. The van der Waals surface area contributed by atoms with Gasteiger partial charge in [-0.25, -0.2) is 9.59 Å². The van der Waals surface area contributed by atoms with E-state index in [0.29, 0.717) is 17.2 Å². The first-order valence-corrected chi connectivity index (χ1v) is 8.61. The third-order valence-electron chi connectivity index (χ3n) is 4.92. The van der Waals surface area contributed by atoms with Crippen LogP contribution in [0.2, 0.25) is 0 Å². The molecule has 1 N–H and O–H groups in total. The Morgan fingerprint density at radius 3 is 2.69 bits per heavy atom. The van der Waals surface area contributed by atoms with Gasteiger partial charge < -0.3 is 10.1 Å². The van der Waals surface area contributed by atoms with Crippen LogP contribution in [-0.2, 0) is 25.4 Å². The highest BCUT2D eigenvalue weighted by Crippen LogP contribution is 2.35. The average Bonchev–Trinajstić information content (AvgIpc) is 2.61. The van der Waals surface area contributed by atoms with E-state index in [9.17, 15) is 14.4 Å². The zero-order chi connectivity index (χ0) is 19.0. The Bertz CT molecular complexity index is 987. The lowest BCUT2D eigenvalue weighted by atomic mass is 9.89. The second kappa shape index (κ2) is 6.82. The van der Waals surface area contributed by atoms with E-state index >= 15 is 0 Å². The number of hydrogen-bond donors (Lipinski definition) is 1. The molecule has 2 heterocycles. The molecular formula is C19H23N3O4. The van der Waals surface area contributed by atoms with Gasteiger partial charge in [-0.15, -0.1) is 0 Å². The van der Waals surface area contributed by atoms with Crippen molar-refractivity contribution in [2.24, 2.45) is 14.1 Å². The maximum atomic E-state index is 12.7. The largest absolute Gasteiger partial charge is 0.456 e. The summed E-state index contributed by atoms with van der Waals surface area (Å²) in [5, 5.41) is 3.30. The van der Waals surface area contributed by atoms with E-state index in [2.05, 4.69) is 18.3 Å². The molecule has 2 aromatic rings. The Hall–Kier alpha value is -2.83. The summed E-state index contributed by atoms with van der Waals surface area (Å²) in [6.07, 6.45) is 1.01. The molecule has 7 heteroatoms. The van der Waals surface area contributed by atoms with E-state index in [1.54, 1.807) is 13.1 Å². The highest BCUT2D eigenvalue weighted by Gasteiger charge is 2.23. The molecule has 0 radical (unpaired) electrons. The number of ether oxygens (including phenoxy) is 1. The first-order chi connectivity index (χ1) is 12.3. The number of nitrogens with one attached hydrogen (secondary N) is 1. The smallest absolute Gasteiger partial charge is 0.340 e. The standard InChI is InChI=1S/C19H23N3O4/c1-11-7-14-12(2)5-6-20-17(14)15(8-11)18(24)26-10-13-9-16(23)22(4)19(25)21(13)3/h7-9,12,20H,5-6,10H2,1-4H3/t12-/m0/s1. The fourth-order valence-corrected chi connectivity index (χ4v) is 3.26. The van der Waals surface area contributed by atoms with Crippen LogP contribution in [0.15, 0.2) is 27.8 Å². The summed E-state index contributed by atoms with van der Waals surface area (Å²) in [6, 6.07) is 5.20. The Labute approximate surface area is 151 Å². The van der Waals surface area contributed by atoms with Gasteiger partial charge in [0.2, 0.25) is 0 Å². The molecule has 0 bridgehead atoms. The summed E-state index contributed by atoms with van der Waals surface area (Å²) in [6.45, 7) is 4.76. The molecule has 1 atom stereocenters. The van der Waals surface area contributed by atoms with Crippen LogP contribution in [0.1, 0.15) is 46.4 Å². The predicted molar refractivity (Wildman–Crippen MR) is 98.7 cm³/mol. The number of esters is 1. The monoisotopic (exact) mass is 357 g/mol. The molecule has 0 aliphatic carbocycles. The minimum Gasteiger partial charge on any atom is -0.456 e. The van der Waals surface area contributed by atoms with Gasteiger partial charge in [0.15, 0.2) is 0 Å². The number of nitrogens with zero attached hydrogens (tertiary/aromatic N) is 2. The molecule has 0 spiro atoms. The Kier molecular flexibility index (Phi) is 4.71. The first-order valence-electron chi connectivity index (χ1n) is 8.61. The van der Waals surface area contributed by atoms with Gasteiger partial charge in [-0.2, -0.15) is 0 Å². The van der Waals surface area contributed by atoms with Crippen molar-refractivity contribution in [1.29, 1.82) is 0 Å². The van der Waals surface area contributed by atoms with Crippen LogP contribution in [0.25, 0.3) is 0 Å². The van der Waals surface area contributed by atoms with Crippen molar-refractivity contribution in [3.05, 3.63) is 61.4 Å². The molecule has 3 rings (SSSR count). The summed E-state index contributed by atoms with van der Waals surface area (Å²) in [5.41, 5.74) is 2.89. The fraction of sp³-hybridized carbons (Fsp3) is 0.421. The van der Waals surface area contributed by atoms with E-state index in [-0.39, 0.29) is 6.61 Å². The SMILES string of the molecule is Cc1cc(C(=O)OCc2cc(=O)n(C)c(=O)n2C)c2c(c1)[C@@H](C)CCN2. The fourth-order valence-electron chi connectivity index (χ4n) is 3.26. The lowest BCUT2D eigenvalue weighted by Gasteiger charge is -2.26. The quantitative estimate of drug-likeness (QED) is 0.845. The van der Waals surface area contributed by atoms with E-state index < -0.39 is 17.2 Å². The first kappa shape index (κ1) is 18.0. The van der Waals surface area contributed by atoms with Crippen LogP contribution in [0.5, 0.6) is 0 Å². The third-order valence-corrected chi connectivity index (χ3v) is 4.92. The Morgan fingerprint density at radius 2 is 1.96 bits per heavy atom. The van der Waals surface area contributed by atoms with Gasteiger partial charge >= 0.3 is 11.7 Å². The van der Waals surface area contributed by atoms with Crippen molar-refractivity contribution >= 4 is 11.7 Å². The topological polar surface area (TPSA) is 82.3 Å². The summed E-state index contributed by atoms with van der Waals surface area (Å²) < 4.78 is 7.73. The van der Waals surface area contributed by atoms with Crippen LogP contribution in [0.3, 0.4) is 0 Å². The molecule has 0 saturated heterocycles. The van der Waals surface area contributed by atoms with Crippen molar-refractivity contribution in [1.82, 2.24) is 9.13 Å². The van der Waals surface area contributed by atoms with E-state index in [0.717, 1.165) is 34.3 Å². The lowest BCUT2D eigenvalue weighted by Crippen LogP contribution is -2.38. The molecule has 138 valence electrons. The summed E-state index contributed by atoms with van der Waals surface area (Å²) >= 11 is 0. The second-order valence-corrected chi connectivity index (χ2v) is 6.84. The number of aromatic nitrogens is 2. The van der Waals surface area contributed by atoms with Gasteiger partial charge in [-0.05, 0) is 36.5 Å². The van der Waals surface area contributed by atoms with Gasteiger partial charge in [-0.1, -0.05) is 13.0 Å². The molecule has 26 heavy (non-hydrogen) atoms. The summed E-state index contributed by atoms with van der Waals surface area (Å²) in [5.74, 6) is -0.102. The maximum absolute atomic E-state index is 12.7. The molecule has 1 aromatic carbocycles. The zero-order valence-corrected chi connectivity index (χ0v) is 15.5. The Balaban J connectivity index is 1.89. The molecule has 1 aliphatic heterocycles. The van der Waals surface area contributed by atoms with Crippen LogP contribution >= 0.6 is 0 Å². The maximum Gasteiger partial charge on any atom is 0.340 e. The highest BCUT2D eigenvalue weighted by molar-refractivity contribution is 5.97. The normalized spacial score (nSPS) is 15.9. The number of benzene rings is 1. The van der Waals surface area contributed by atoms with Crippen molar-refractivity contribution < 1.29 is 9.53 Å². The summed E-state index contributed by atoms with van der Waals surface area (Å²) in [4.78, 5) is 36.4. The van der Waals surface area contributed by atoms with Crippen molar-refractivity contribution in [3.8, 4) is 0 Å². The zero-order valence-electron chi connectivity index (χ0n) is 15.5. The molecule has 0 saturated carbocycles. The molecule has 0 amide bonds. The van der Waals surface area contributed by atoms with E-state index in [1.807, 2.05) is 6.92 Å². The lowest BCUT2D eigenvalue weighted by molar-refractivity contribution is 0.0463. The van der Waals surface area contributed by atoms with Crippen LogP contribution in [0, 0.1) is 6.92 Å². The molecular weight excluding hydrogens is 334 g/mol. The number of carbonyl (C=O) groups excluding carboxylic acids is 1. The van der Waals surface area contributed by atoms with Gasteiger partial charge in [0.25, 0.3) is 5.56 Å². The average molecular weight is 357 g/mol. The van der Waals surface area contributed by atoms with Crippen molar-refractivity contribution in [2.45, 2.75) is 32.8 Å². The van der Waals surface area contributed by atoms with E-state index in [1.165, 1.54) is 17.7 Å².